The lowest BCUT2D eigenvalue weighted by atomic mass is 10.2. The first-order chi connectivity index (χ1) is 9.19. The van der Waals surface area contributed by atoms with Crippen molar-refractivity contribution >= 4 is 11.0 Å². The molecule has 96 valence electrons. The number of ether oxygens (including phenoxy) is 1. The highest BCUT2D eigenvalue weighted by Gasteiger charge is 2.10. The molecule has 0 radical (unpaired) electrons. The molecule has 2 N–H and O–H groups in total. The van der Waals surface area contributed by atoms with Gasteiger partial charge in [-0.3, -0.25) is 4.79 Å². The summed E-state index contributed by atoms with van der Waals surface area (Å²) in [7, 11) is 1.62. The van der Waals surface area contributed by atoms with Crippen LogP contribution in [-0.4, -0.2) is 27.3 Å². The molecule has 0 saturated carbocycles. The third-order valence-electron chi connectivity index (χ3n) is 2.96. The van der Waals surface area contributed by atoms with Crippen LogP contribution in [0.5, 0.6) is 5.75 Å². The molecule has 3 aromatic rings. The van der Waals surface area contributed by atoms with Crippen LogP contribution in [0.25, 0.3) is 22.4 Å². The van der Waals surface area contributed by atoms with Crippen LogP contribution < -0.4 is 10.3 Å². The Hall–Kier alpha value is -2.63. The Morgan fingerprint density at radius 1 is 1.21 bits per heavy atom. The van der Waals surface area contributed by atoms with Crippen LogP contribution in [-0.2, 0) is 0 Å². The first-order valence-corrected chi connectivity index (χ1v) is 5.78. The highest BCUT2D eigenvalue weighted by atomic mass is 16.5. The fraction of sp³-hybridized carbons (Fsp3) is 0.154. The molecular formula is C13H12N4O2. The third kappa shape index (κ3) is 1.87. The summed E-state index contributed by atoms with van der Waals surface area (Å²) >= 11 is 0. The molecule has 0 aliphatic heterocycles. The van der Waals surface area contributed by atoms with E-state index in [0.717, 1.165) is 11.3 Å². The van der Waals surface area contributed by atoms with Crippen molar-refractivity contribution in [3.63, 3.8) is 0 Å². The van der Waals surface area contributed by atoms with Crippen LogP contribution >= 0.6 is 0 Å². The van der Waals surface area contributed by atoms with Crippen molar-refractivity contribution in [2.45, 2.75) is 6.92 Å². The molecule has 3 rings (SSSR count). The van der Waals surface area contributed by atoms with Gasteiger partial charge in [-0.25, -0.2) is 10.1 Å². The standard InChI is InChI=1S/C13H12N4O2/c1-7-10-11(13(18)17-16-7)15-12(14-10)8-3-5-9(19-2)6-4-8/h3-6H,1-2H3,(H,14,15)(H,17,18). The fourth-order valence-electron chi connectivity index (χ4n) is 1.93. The number of imidazole rings is 1. The maximum Gasteiger partial charge on any atom is 0.290 e. The molecular weight excluding hydrogens is 244 g/mol. The van der Waals surface area contributed by atoms with E-state index in [4.69, 9.17) is 4.74 Å². The minimum absolute atomic E-state index is 0.270. The number of hydrogen-bond acceptors (Lipinski definition) is 4. The van der Waals surface area contributed by atoms with Crippen LogP contribution in [0, 0.1) is 6.92 Å². The maximum absolute atomic E-state index is 11.7. The van der Waals surface area contributed by atoms with Gasteiger partial charge in [0.15, 0.2) is 0 Å². The van der Waals surface area contributed by atoms with E-state index in [9.17, 15) is 4.79 Å². The smallest absolute Gasteiger partial charge is 0.290 e. The van der Waals surface area contributed by atoms with E-state index in [-0.39, 0.29) is 5.56 Å². The molecule has 0 fully saturated rings. The number of hydrogen-bond donors (Lipinski definition) is 2. The zero-order valence-electron chi connectivity index (χ0n) is 10.5. The van der Waals surface area contributed by atoms with Gasteiger partial charge < -0.3 is 9.72 Å². The summed E-state index contributed by atoms with van der Waals surface area (Å²) < 4.78 is 5.11. The number of H-pyrrole nitrogens is 2. The molecule has 6 heteroatoms. The van der Waals surface area contributed by atoms with Gasteiger partial charge in [0.05, 0.1) is 12.8 Å². The third-order valence-corrected chi connectivity index (χ3v) is 2.96. The van der Waals surface area contributed by atoms with E-state index in [1.165, 1.54) is 0 Å². The van der Waals surface area contributed by atoms with Crippen molar-refractivity contribution < 1.29 is 4.74 Å². The molecule has 0 aliphatic carbocycles. The molecule has 0 bridgehead atoms. The van der Waals surface area contributed by atoms with Gasteiger partial charge in [0, 0.05) is 5.56 Å². The van der Waals surface area contributed by atoms with Gasteiger partial charge in [0.2, 0.25) is 0 Å². The lowest BCUT2D eigenvalue weighted by Gasteiger charge is -2.00. The first-order valence-electron chi connectivity index (χ1n) is 5.78. The summed E-state index contributed by atoms with van der Waals surface area (Å²) in [6, 6.07) is 7.46. The Morgan fingerprint density at radius 3 is 2.58 bits per heavy atom. The molecule has 2 aromatic heterocycles. The van der Waals surface area contributed by atoms with Gasteiger partial charge in [-0.05, 0) is 31.2 Å². The van der Waals surface area contributed by atoms with Gasteiger partial charge in [0.1, 0.15) is 22.6 Å². The van der Waals surface area contributed by atoms with Crippen molar-refractivity contribution in [2.24, 2.45) is 0 Å². The fourth-order valence-corrected chi connectivity index (χ4v) is 1.93. The van der Waals surface area contributed by atoms with Crippen molar-refractivity contribution in [1.29, 1.82) is 0 Å². The number of fused-ring (bicyclic) bond motifs is 1. The van der Waals surface area contributed by atoms with Gasteiger partial charge in [0.25, 0.3) is 5.56 Å². The van der Waals surface area contributed by atoms with E-state index >= 15 is 0 Å². The first kappa shape index (κ1) is 11.5. The van der Waals surface area contributed by atoms with E-state index < -0.39 is 0 Å². The predicted octanol–water partition coefficient (Wildman–Crippen LogP) is 1.63. The summed E-state index contributed by atoms with van der Waals surface area (Å²) in [5.41, 5.74) is 2.34. The lowest BCUT2D eigenvalue weighted by Crippen LogP contribution is -2.09. The number of methoxy groups -OCH3 is 1. The quantitative estimate of drug-likeness (QED) is 0.730. The number of aromatic amines is 2. The topological polar surface area (TPSA) is 83.7 Å². The Balaban J connectivity index is 2.17. The van der Waals surface area contributed by atoms with Crippen molar-refractivity contribution in [2.75, 3.05) is 7.11 Å². The molecule has 0 saturated heterocycles. The molecule has 0 atom stereocenters. The number of aromatic nitrogens is 4. The Labute approximate surface area is 108 Å². The SMILES string of the molecule is COc1ccc(-c2nc3c(C)n[nH]c(=O)c3[nH]2)cc1. The summed E-state index contributed by atoms with van der Waals surface area (Å²) in [6.07, 6.45) is 0. The zero-order chi connectivity index (χ0) is 13.4. The van der Waals surface area contributed by atoms with Crippen molar-refractivity contribution in [3.05, 3.63) is 40.3 Å². The summed E-state index contributed by atoms with van der Waals surface area (Å²) in [6.45, 7) is 1.80. The zero-order valence-corrected chi connectivity index (χ0v) is 10.5. The summed E-state index contributed by atoms with van der Waals surface area (Å²) in [5.74, 6) is 1.41. The number of rotatable bonds is 2. The van der Waals surface area contributed by atoms with Crippen molar-refractivity contribution in [1.82, 2.24) is 20.2 Å². The van der Waals surface area contributed by atoms with Gasteiger partial charge >= 0.3 is 0 Å². The van der Waals surface area contributed by atoms with E-state index in [0.29, 0.717) is 22.6 Å². The Morgan fingerprint density at radius 2 is 1.95 bits per heavy atom. The van der Waals surface area contributed by atoms with Crippen molar-refractivity contribution in [3.8, 4) is 17.1 Å². The predicted molar refractivity (Wildman–Crippen MR) is 71.2 cm³/mol. The largest absolute Gasteiger partial charge is 0.497 e. The van der Waals surface area contributed by atoms with E-state index in [2.05, 4.69) is 20.2 Å². The minimum Gasteiger partial charge on any atom is -0.497 e. The van der Waals surface area contributed by atoms with Gasteiger partial charge in [-0.2, -0.15) is 5.10 Å². The molecule has 0 spiro atoms. The van der Waals surface area contributed by atoms with Crippen LogP contribution in [0.1, 0.15) is 5.69 Å². The summed E-state index contributed by atoms with van der Waals surface area (Å²) in [4.78, 5) is 19.1. The second kappa shape index (κ2) is 4.24. The molecule has 19 heavy (non-hydrogen) atoms. The normalized spacial score (nSPS) is 10.8. The molecule has 6 nitrogen and oxygen atoms in total. The van der Waals surface area contributed by atoms with Gasteiger partial charge in [-0.1, -0.05) is 0 Å². The molecule has 1 aromatic carbocycles. The van der Waals surface area contributed by atoms with Crippen LogP contribution in [0.15, 0.2) is 29.1 Å². The second-order valence-corrected chi connectivity index (χ2v) is 4.18. The van der Waals surface area contributed by atoms with Crippen LogP contribution in [0.3, 0.4) is 0 Å². The number of nitrogens with zero attached hydrogens (tertiary/aromatic N) is 2. The van der Waals surface area contributed by atoms with E-state index in [1.54, 1.807) is 14.0 Å². The molecule has 0 unspecified atom stereocenters. The summed E-state index contributed by atoms with van der Waals surface area (Å²) in [5, 5.41) is 6.33. The monoisotopic (exact) mass is 256 g/mol. The van der Waals surface area contributed by atoms with Crippen LogP contribution in [0.2, 0.25) is 0 Å². The Bertz CT molecular complexity index is 787. The van der Waals surface area contributed by atoms with E-state index in [1.807, 2.05) is 24.3 Å². The highest BCUT2D eigenvalue weighted by Crippen LogP contribution is 2.22. The molecule has 2 heterocycles. The van der Waals surface area contributed by atoms with Gasteiger partial charge in [-0.15, -0.1) is 0 Å². The molecule has 0 amide bonds. The second-order valence-electron chi connectivity index (χ2n) is 4.18. The Kier molecular flexibility index (Phi) is 2.56. The maximum atomic E-state index is 11.7. The van der Waals surface area contributed by atoms with Crippen LogP contribution in [0.4, 0.5) is 0 Å². The average molecular weight is 256 g/mol. The average Bonchev–Trinajstić information content (AvgIpc) is 2.89. The number of nitrogens with one attached hydrogen (secondary N) is 2. The highest BCUT2D eigenvalue weighted by molar-refractivity contribution is 5.80. The number of aryl methyl sites for hydroxylation is 1. The molecule has 0 aliphatic rings. The number of benzene rings is 1. The minimum atomic E-state index is -0.270. The lowest BCUT2D eigenvalue weighted by molar-refractivity contribution is 0.415.